The fourth-order valence-corrected chi connectivity index (χ4v) is 2.88. The van der Waals surface area contributed by atoms with E-state index >= 15 is 0 Å². The first-order chi connectivity index (χ1) is 11.6. The van der Waals surface area contributed by atoms with Gasteiger partial charge in [-0.3, -0.25) is 4.79 Å². The smallest absolute Gasteiger partial charge is 0.163 e. The highest BCUT2D eigenvalue weighted by Gasteiger charge is 2.19. The van der Waals surface area contributed by atoms with Gasteiger partial charge in [-0.1, -0.05) is 66.2 Å². The maximum atomic E-state index is 12.7. The third kappa shape index (κ3) is 3.84. The van der Waals surface area contributed by atoms with Gasteiger partial charge >= 0.3 is 0 Å². The predicted molar refractivity (Wildman–Crippen MR) is 96.8 cm³/mol. The van der Waals surface area contributed by atoms with Crippen LogP contribution in [0.3, 0.4) is 0 Å². The Bertz CT molecular complexity index is 763. The number of phenolic OH excluding ortho intramolecular Hbond substituents is 1. The second-order valence-corrected chi connectivity index (χ2v) is 6.13. The maximum Gasteiger partial charge on any atom is 0.163 e. The molecule has 0 unspecified atom stereocenters. The van der Waals surface area contributed by atoms with Crippen LogP contribution in [-0.2, 0) is 0 Å². The Labute approximate surface area is 146 Å². The highest BCUT2D eigenvalue weighted by Crippen LogP contribution is 2.31. The van der Waals surface area contributed by atoms with Crippen LogP contribution in [0, 0.1) is 0 Å². The number of ketones is 1. The number of rotatable bonds is 5. The number of carbonyl (C=O) groups excluding carboxylic acids is 1. The van der Waals surface area contributed by atoms with E-state index in [-0.39, 0.29) is 17.5 Å². The summed E-state index contributed by atoms with van der Waals surface area (Å²) >= 11 is 5.98. The zero-order chi connectivity index (χ0) is 16.9. The third-order valence-electron chi connectivity index (χ3n) is 4.05. The molecule has 0 saturated heterocycles. The first-order valence-corrected chi connectivity index (χ1v) is 8.14. The first kappa shape index (κ1) is 16.3. The van der Waals surface area contributed by atoms with E-state index < -0.39 is 0 Å². The minimum atomic E-state index is -0.0874. The van der Waals surface area contributed by atoms with Gasteiger partial charge in [0.15, 0.2) is 5.78 Å². The Kier molecular flexibility index (Phi) is 4.97. The van der Waals surface area contributed by atoms with Crippen molar-refractivity contribution in [1.29, 1.82) is 0 Å². The Balaban J connectivity index is 1.94. The molecule has 0 fully saturated rings. The summed E-state index contributed by atoms with van der Waals surface area (Å²) in [4.78, 5) is 12.7. The summed E-state index contributed by atoms with van der Waals surface area (Å²) < 4.78 is 0. The number of hydrogen-bond acceptors (Lipinski definition) is 2. The van der Waals surface area contributed by atoms with Crippen molar-refractivity contribution < 1.29 is 9.90 Å². The van der Waals surface area contributed by atoms with Crippen LogP contribution in [-0.4, -0.2) is 10.9 Å². The lowest BCUT2D eigenvalue weighted by Crippen LogP contribution is -2.09. The molecule has 1 N–H and O–H groups in total. The lowest BCUT2D eigenvalue weighted by atomic mass is 9.86. The summed E-state index contributed by atoms with van der Waals surface area (Å²) in [6.45, 7) is 0. The second kappa shape index (κ2) is 7.33. The zero-order valence-electron chi connectivity index (χ0n) is 13.0. The van der Waals surface area contributed by atoms with Gasteiger partial charge in [-0.2, -0.15) is 0 Å². The molecule has 120 valence electrons. The van der Waals surface area contributed by atoms with Crippen LogP contribution in [0.4, 0.5) is 0 Å². The van der Waals surface area contributed by atoms with Crippen LogP contribution < -0.4 is 0 Å². The predicted octanol–water partition coefficient (Wildman–Crippen LogP) is 5.45. The van der Waals surface area contributed by atoms with Crippen molar-refractivity contribution in [3.63, 3.8) is 0 Å². The Morgan fingerprint density at radius 3 is 1.96 bits per heavy atom. The Morgan fingerprint density at radius 1 is 0.833 bits per heavy atom. The molecule has 0 amide bonds. The molecule has 0 aliphatic heterocycles. The van der Waals surface area contributed by atoms with E-state index in [0.29, 0.717) is 17.0 Å². The number of hydrogen-bond donors (Lipinski definition) is 1. The maximum absolute atomic E-state index is 12.7. The van der Waals surface area contributed by atoms with Crippen LogP contribution in [0.1, 0.15) is 33.8 Å². The first-order valence-electron chi connectivity index (χ1n) is 7.76. The summed E-state index contributed by atoms with van der Waals surface area (Å²) in [7, 11) is 0. The summed E-state index contributed by atoms with van der Waals surface area (Å²) in [6, 6.07) is 23.8. The van der Waals surface area contributed by atoms with E-state index in [1.807, 2.05) is 66.7 Å². The summed E-state index contributed by atoms with van der Waals surface area (Å²) in [5, 5.41) is 10.2. The molecule has 0 aliphatic rings. The molecule has 3 rings (SSSR count). The fourth-order valence-electron chi connectivity index (χ4n) is 2.76. The van der Waals surface area contributed by atoms with Crippen LogP contribution in [0.2, 0.25) is 5.02 Å². The number of halogens is 1. The lowest BCUT2D eigenvalue weighted by molar-refractivity contribution is 0.0977. The molecular formula is C21H17ClO2. The summed E-state index contributed by atoms with van der Waals surface area (Å²) in [5.41, 5.74) is 2.71. The molecule has 1 atom stereocenters. The minimum absolute atomic E-state index is 0.0867. The van der Waals surface area contributed by atoms with Crippen molar-refractivity contribution in [1.82, 2.24) is 0 Å². The molecule has 24 heavy (non-hydrogen) atoms. The minimum Gasteiger partial charge on any atom is -0.508 e. The van der Waals surface area contributed by atoms with E-state index in [2.05, 4.69) is 0 Å². The van der Waals surface area contributed by atoms with E-state index in [0.717, 1.165) is 11.1 Å². The van der Waals surface area contributed by atoms with E-state index in [4.69, 9.17) is 11.6 Å². The van der Waals surface area contributed by atoms with Crippen molar-refractivity contribution in [3.05, 3.63) is 101 Å². The highest BCUT2D eigenvalue weighted by atomic mass is 35.5. The second-order valence-electron chi connectivity index (χ2n) is 5.69. The molecule has 0 aromatic heterocycles. The lowest BCUT2D eigenvalue weighted by Gasteiger charge is -2.18. The normalized spacial score (nSPS) is 11.9. The quantitative estimate of drug-likeness (QED) is 0.629. The molecule has 3 heteroatoms. The molecule has 2 nitrogen and oxygen atoms in total. The van der Waals surface area contributed by atoms with Crippen molar-refractivity contribution in [2.24, 2.45) is 0 Å². The topological polar surface area (TPSA) is 37.3 Å². The van der Waals surface area contributed by atoms with Crippen LogP contribution in [0.5, 0.6) is 5.75 Å². The SMILES string of the molecule is O=C(C[C@@H](c1ccc(O)cc1)c1ccc(Cl)cc1)c1ccccc1. The number of carbonyl (C=O) groups is 1. The molecular weight excluding hydrogens is 320 g/mol. The number of benzene rings is 3. The van der Waals surface area contributed by atoms with Gasteiger partial charge in [0.1, 0.15) is 5.75 Å². The number of aromatic hydroxyl groups is 1. The summed E-state index contributed by atoms with van der Waals surface area (Å²) in [6.07, 6.45) is 0.358. The standard InChI is InChI=1S/C21H17ClO2/c22-18-10-6-15(7-11-18)20(16-8-12-19(23)13-9-16)14-21(24)17-4-2-1-3-5-17/h1-13,20,23H,14H2/t20-/m1/s1. The number of Topliss-reactive ketones (excluding diaryl/α,β-unsaturated/α-hetero) is 1. The van der Waals surface area contributed by atoms with Gasteiger partial charge in [0, 0.05) is 22.9 Å². The van der Waals surface area contributed by atoms with Crippen molar-refractivity contribution in [2.45, 2.75) is 12.3 Å². The molecule has 0 spiro atoms. The third-order valence-corrected chi connectivity index (χ3v) is 4.31. The molecule has 3 aromatic carbocycles. The van der Waals surface area contributed by atoms with E-state index in [1.54, 1.807) is 12.1 Å². The monoisotopic (exact) mass is 336 g/mol. The highest BCUT2D eigenvalue weighted by molar-refractivity contribution is 6.30. The average Bonchev–Trinajstić information content (AvgIpc) is 2.62. The van der Waals surface area contributed by atoms with Gasteiger partial charge in [-0.05, 0) is 35.4 Å². The van der Waals surface area contributed by atoms with Crippen LogP contribution >= 0.6 is 11.6 Å². The largest absolute Gasteiger partial charge is 0.508 e. The number of phenols is 1. The van der Waals surface area contributed by atoms with Crippen molar-refractivity contribution in [2.75, 3.05) is 0 Å². The van der Waals surface area contributed by atoms with Crippen molar-refractivity contribution in [3.8, 4) is 5.75 Å². The Morgan fingerprint density at radius 2 is 1.38 bits per heavy atom. The van der Waals surface area contributed by atoms with Crippen LogP contribution in [0.15, 0.2) is 78.9 Å². The van der Waals surface area contributed by atoms with Crippen molar-refractivity contribution >= 4 is 17.4 Å². The average molecular weight is 337 g/mol. The van der Waals surface area contributed by atoms with Gasteiger partial charge in [-0.25, -0.2) is 0 Å². The van der Waals surface area contributed by atoms with Gasteiger partial charge in [-0.15, -0.1) is 0 Å². The molecule has 0 aliphatic carbocycles. The molecule has 0 heterocycles. The fraction of sp³-hybridized carbons (Fsp3) is 0.0952. The van der Waals surface area contributed by atoms with E-state index in [1.165, 1.54) is 0 Å². The van der Waals surface area contributed by atoms with Gasteiger partial charge in [0.2, 0.25) is 0 Å². The van der Waals surface area contributed by atoms with E-state index in [9.17, 15) is 9.90 Å². The molecule has 3 aromatic rings. The summed E-state index contributed by atoms with van der Waals surface area (Å²) in [5.74, 6) is 0.210. The molecule has 0 radical (unpaired) electrons. The van der Waals surface area contributed by atoms with Gasteiger partial charge in [0.05, 0.1) is 0 Å². The molecule has 0 bridgehead atoms. The Hall–Kier alpha value is -2.58. The van der Waals surface area contributed by atoms with Crippen LogP contribution in [0.25, 0.3) is 0 Å². The van der Waals surface area contributed by atoms with Gasteiger partial charge in [0.25, 0.3) is 0 Å². The zero-order valence-corrected chi connectivity index (χ0v) is 13.8. The van der Waals surface area contributed by atoms with Gasteiger partial charge < -0.3 is 5.11 Å². The molecule has 0 saturated carbocycles.